The summed E-state index contributed by atoms with van der Waals surface area (Å²) in [4.78, 5) is 26.7. The van der Waals surface area contributed by atoms with Crippen molar-refractivity contribution in [2.45, 2.75) is 13.3 Å². The number of aromatic nitrogens is 2. The van der Waals surface area contributed by atoms with Crippen LogP contribution < -0.4 is 4.90 Å². The van der Waals surface area contributed by atoms with Crippen molar-refractivity contribution in [2.75, 3.05) is 18.1 Å². The predicted molar refractivity (Wildman–Crippen MR) is 113 cm³/mol. The molecule has 0 saturated carbocycles. The van der Waals surface area contributed by atoms with E-state index in [4.69, 9.17) is 21.6 Å². The summed E-state index contributed by atoms with van der Waals surface area (Å²) < 4.78 is 19.6. The van der Waals surface area contributed by atoms with Crippen molar-refractivity contribution >= 4 is 29.2 Å². The number of amides is 1. The van der Waals surface area contributed by atoms with Crippen LogP contribution in [-0.2, 0) is 9.53 Å². The van der Waals surface area contributed by atoms with Gasteiger partial charge in [0.1, 0.15) is 16.5 Å². The molecule has 3 rings (SSSR count). The van der Waals surface area contributed by atoms with Crippen LogP contribution in [0.4, 0.5) is 10.1 Å². The van der Waals surface area contributed by atoms with Crippen LogP contribution in [0.3, 0.4) is 0 Å². The molecular weight excluding hydrogens is 423 g/mol. The topological polar surface area (TPSA) is 88.2 Å². The minimum absolute atomic E-state index is 0.00838. The van der Waals surface area contributed by atoms with Crippen molar-refractivity contribution in [1.29, 1.82) is 5.26 Å². The number of hydrogen-bond donors (Lipinski definition) is 0. The van der Waals surface area contributed by atoms with Crippen molar-refractivity contribution in [1.82, 2.24) is 9.78 Å². The summed E-state index contributed by atoms with van der Waals surface area (Å²) in [5.74, 6) is -1.70. The Balaban J connectivity index is 1.75. The Morgan fingerprint density at radius 3 is 2.52 bits per heavy atom. The van der Waals surface area contributed by atoms with E-state index in [-0.39, 0.29) is 23.7 Å². The Bertz CT molecular complexity index is 1120. The molecule has 7 nitrogen and oxygen atoms in total. The summed E-state index contributed by atoms with van der Waals surface area (Å²) in [6.07, 6.45) is 0.129. The van der Waals surface area contributed by atoms with Gasteiger partial charge in [-0.25, -0.2) is 13.9 Å². The summed E-state index contributed by atoms with van der Waals surface area (Å²) in [6.45, 7) is 1.21. The molecule has 1 amide bonds. The highest BCUT2D eigenvalue weighted by atomic mass is 35.5. The first-order chi connectivity index (χ1) is 14.9. The monoisotopic (exact) mass is 440 g/mol. The second-order valence-electron chi connectivity index (χ2n) is 6.50. The van der Waals surface area contributed by atoms with E-state index < -0.39 is 24.3 Å². The van der Waals surface area contributed by atoms with Crippen molar-refractivity contribution < 1.29 is 18.7 Å². The number of carbonyl (C=O) groups excluding carboxylic acids is 2. The lowest BCUT2D eigenvalue weighted by molar-refractivity contribution is -0.121. The maximum Gasteiger partial charge on any atom is 0.343 e. The zero-order chi connectivity index (χ0) is 22.4. The predicted octanol–water partition coefficient (Wildman–Crippen LogP) is 4.08. The van der Waals surface area contributed by atoms with Gasteiger partial charge >= 0.3 is 5.97 Å². The maximum atomic E-state index is 13.2. The SMILES string of the molecule is Cc1nn(-c2ccc(F)cc2)c(Cl)c1C(=O)OCC(=O)N(CCC#N)c1ccccc1. The lowest BCUT2D eigenvalue weighted by atomic mass is 10.2. The molecule has 0 unspecified atom stereocenters. The van der Waals surface area contributed by atoms with Gasteiger partial charge < -0.3 is 9.64 Å². The van der Waals surface area contributed by atoms with E-state index in [1.54, 1.807) is 37.3 Å². The Kier molecular flexibility index (Phi) is 7.00. The normalized spacial score (nSPS) is 10.4. The third-order valence-corrected chi connectivity index (χ3v) is 4.77. The van der Waals surface area contributed by atoms with Gasteiger partial charge in [0.15, 0.2) is 6.61 Å². The zero-order valence-corrected chi connectivity index (χ0v) is 17.3. The number of ether oxygens (including phenoxy) is 1. The smallest absolute Gasteiger partial charge is 0.343 e. The van der Waals surface area contributed by atoms with Gasteiger partial charge in [-0.1, -0.05) is 29.8 Å². The van der Waals surface area contributed by atoms with Gasteiger partial charge in [-0.3, -0.25) is 4.79 Å². The third-order valence-electron chi connectivity index (χ3n) is 4.42. The summed E-state index contributed by atoms with van der Waals surface area (Å²) >= 11 is 6.32. The number of esters is 1. The molecule has 0 bridgehead atoms. The van der Waals surface area contributed by atoms with Crippen molar-refractivity contribution in [3.05, 3.63) is 76.8 Å². The average molecular weight is 441 g/mol. The molecule has 158 valence electrons. The van der Waals surface area contributed by atoms with Crippen molar-refractivity contribution in [2.24, 2.45) is 0 Å². The van der Waals surface area contributed by atoms with Gasteiger partial charge in [-0.2, -0.15) is 10.4 Å². The molecule has 31 heavy (non-hydrogen) atoms. The van der Waals surface area contributed by atoms with Gasteiger partial charge in [0.05, 0.1) is 23.9 Å². The number of aryl methyl sites for hydroxylation is 1. The standard InChI is InChI=1S/C22H18ClFN4O3/c1-15-20(21(23)28(26-15)18-10-8-16(24)9-11-18)22(30)31-14-19(29)27(13-5-12-25)17-6-3-2-4-7-17/h2-4,6-11H,5,13-14H2,1H3. The largest absolute Gasteiger partial charge is 0.452 e. The number of para-hydroxylation sites is 1. The maximum absolute atomic E-state index is 13.2. The van der Waals surface area contributed by atoms with Crippen molar-refractivity contribution in [3.63, 3.8) is 0 Å². The molecule has 2 aromatic carbocycles. The fraction of sp³-hybridized carbons (Fsp3) is 0.182. The molecule has 0 saturated heterocycles. The van der Waals surface area contributed by atoms with Crippen LogP contribution in [0.15, 0.2) is 54.6 Å². The van der Waals surface area contributed by atoms with E-state index in [1.807, 2.05) is 6.07 Å². The van der Waals surface area contributed by atoms with Crippen LogP contribution in [0.25, 0.3) is 5.69 Å². The minimum atomic E-state index is -0.808. The summed E-state index contributed by atoms with van der Waals surface area (Å²) in [6, 6.07) is 16.2. The molecule has 0 radical (unpaired) electrons. The first-order valence-corrected chi connectivity index (χ1v) is 9.70. The zero-order valence-electron chi connectivity index (χ0n) is 16.6. The minimum Gasteiger partial charge on any atom is -0.452 e. The molecule has 0 aliphatic heterocycles. The van der Waals surface area contributed by atoms with Crippen LogP contribution in [0.5, 0.6) is 0 Å². The molecule has 1 heterocycles. The lowest BCUT2D eigenvalue weighted by Gasteiger charge is -2.21. The van der Waals surface area contributed by atoms with E-state index in [9.17, 15) is 14.0 Å². The lowest BCUT2D eigenvalue weighted by Crippen LogP contribution is -2.35. The molecule has 0 aliphatic rings. The van der Waals surface area contributed by atoms with Crippen LogP contribution in [0.2, 0.25) is 5.15 Å². The second-order valence-corrected chi connectivity index (χ2v) is 6.86. The number of carbonyl (C=O) groups is 2. The molecule has 0 aliphatic carbocycles. The second kappa shape index (κ2) is 9.87. The molecule has 0 N–H and O–H groups in total. The number of benzene rings is 2. The Labute approximate surface area is 183 Å². The van der Waals surface area contributed by atoms with E-state index in [1.165, 1.54) is 33.8 Å². The number of rotatable bonds is 7. The van der Waals surface area contributed by atoms with Crippen molar-refractivity contribution in [3.8, 4) is 11.8 Å². The highest BCUT2D eigenvalue weighted by Crippen LogP contribution is 2.24. The Morgan fingerprint density at radius 2 is 1.87 bits per heavy atom. The molecule has 1 aromatic heterocycles. The highest BCUT2D eigenvalue weighted by molar-refractivity contribution is 6.33. The van der Waals surface area contributed by atoms with Crippen LogP contribution in [0.1, 0.15) is 22.5 Å². The molecule has 9 heteroatoms. The van der Waals surface area contributed by atoms with Crippen LogP contribution in [-0.4, -0.2) is 34.8 Å². The highest BCUT2D eigenvalue weighted by Gasteiger charge is 2.24. The Hall–Kier alpha value is -3.70. The first-order valence-electron chi connectivity index (χ1n) is 9.33. The van der Waals surface area contributed by atoms with Gasteiger partial charge in [-0.05, 0) is 43.3 Å². The fourth-order valence-corrected chi connectivity index (χ4v) is 3.28. The number of halogens is 2. The fourth-order valence-electron chi connectivity index (χ4n) is 2.93. The molecular formula is C22H18ClFN4O3. The van der Waals surface area contributed by atoms with E-state index in [0.717, 1.165) is 0 Å². The van der Waals surface area contributed by atoms with E-state index >= 15 is 0 Å². The van der Waals surface area contributed by atoms with E-state index in [0.29, 0.717) is 17.1 Å². The number of anilines is 1. The average Bonchev–Trinajstić information content (AvgIpc) is 3.07. The Morgan fingerprint density at radius 1 is 1.19 bits per heavy atom. The summed E-state index contributed by atoms with van der Waals surface area (Å²) in [5.41, 5.74) is 1.38. The molecule has 0 spiro atoms. The number of nitriles is 1. The molecule has 3 aromatic rings. The van der Waals surface area contributed by atoms with Crippen LogP contribution >= 0.6 is 11.6 Å². The quantitative estimate of drug-likeness (QED) is 0.516. The number of nitrogens with zero attached hydrogens (tertiary/aromatic N) is 4. The summed E-state index contributed by atoms with van der Waals surface area (Å²) in [5, 5.41) is 13.1. The third kappa shape index (κ3) is 5.08. The van der Waals surface area contributed by atoms with Gasteiger partial charge in [0.2, 0.25) is 0 Å². The van der Waals surface area contributed by atoms with Gasteiger partial charge in [0, 0.05) is 12.2 Å². The number of hydrogen-bond acceptors (Lipinski definition) is 5. The molecule has 0 atom stereocenters. The van der Waals surface area contributed by atoms with Gasteiger partial charge in [-0.15, -0.1) is 0 Å². The summed E-state index contributed by atoms with van der Waals surface area (Å²) in [7, 11) is 0. The molecule has 0 fully saturated rings. The first kappa shape index (κ1) is 22.0. The van der Waals surface area contributed by atoms with E-state index in [2.05, 4.69) is 5.10 Å². The van der Waals surface area contributed by atoms with Gasteiger partial charge in [0.25, 0.3) is 5.91 Å². The van der Waals surface area contributed by atoms with Crippen LogP contribution in [0, 0.1) is 24.1 Å².